The first-order valence-corrected chi connectivity index (χ1v) is 8.56. The van der Waals surface area contributed by atoms with Gasteiger partial charge < -0.3 is 5.32 Å². The van der Waals surface area contributed by atoms with Crippen LogP contribution in [0.2, 0.25) is 0 Å². The molecule has 1 atom stereocenters. The van der Waals surface area contributed by atoms with Gasteiger partial charge in [0.2, 0.25) is 0 Å². The van der Waals surface area contributed by atoms with Crippen molar-refractivity contribution in [3.8, 4) is 0 Å². The number of hydrogen-bond acceptors (Lipinski definition) is 4. The van der Waals surface area contributed by atoms with Crippen LogP contribution in [0, 0.1) is 0 Å². The fraction of sp³-hybridized carbons (Fsp3) is 0.250. The molecule has 1 aromatic carbocycles. The molecule has 0 saturated heterocycles. The van der Waals surface area contributed by atoms with Crippen LogP contribution < -0.4 is 5.32 Å². The maximum Gasteiger partial charge on any atom is 0.0890 e. The van der Waals surface area contributed by atoms with Crippen molar-refractivity contribution in [3.63, 3.8) is 0 Å². The van der Waals surface area contributed by atoms with E-state index >= 15 is 0 Å². The van der Waals surface area contributed by atoms with Crippen LogP contribution in [0.5, 0.6) is 0 Å². The number of para-hydroxylation sites is 2. The topological polar surface area (TPSA) is 37.8 Å². The molecule has 0 aliphatic heterocycles. The first kappa shape index (κ1) is 14.6. The molecule has 0 amide bonds. The van der Waals surface area contributed by atoms with Crippen molar-refractivity contribution >= 4 is 38.3 Å². The summed E-state index contributed by atoms with van der Waals surface area (Å²) in [6, 6.07) is 12.4. The Bertz CT molecular complexity index is 741. The van der Waals surface area contributed by atoms with Crippen molar-refractivity contribution in [2.45, 2.75) is 19.4 Å². The Balaban J connectivity index is 1.90. The maximum atomic E-state index is 4.77. The van der Waals surface area contributed by atoms with Gasteiger partial charge in [-0.05, 0) is 46.7 Å². The average Bonchev–Trinajstić information content (AvgIpc) is 2.91. The summed E-state index contributed by atoms with van der Waals surface area (Å²) in [4.78, 5) is 10.6. The molecule has 3 rings (SSSR count). The van der Waals surface area contributed by atoms with E-state index in [0.29, 0.717) is 0 Å². The lowest BCUT2D eigenvalue weighted by Crippen LogP contribution is -2.23. The maximum absolute atomic E-state index is 4.77. The van der Waals surface area contributed by atoms with Gasteiger partial charge in [0.1, 0.15) is 0 Å². The van der Waals surface area contributed by atoms with E-state index < -0.39 is 0 Å². The summed E-state index contributed by atoms with van der Waals surface area (Å²) < 4.78 is 1.16. The van der Waals surface area contributed by atoms with Crippen LogP contribution in [0.15, 0.2) is 46.4 Å². The monoisotopic (exact) mass is 361 g/mol. The number of likely N-dealkylation sites (N-methyl/N-ethyl adjacent to an activating group) is 1. The lowest BCUT2D eigenvalue weighted by Gasteiger charge is -2.16. The van der Waals surface area contributed by atoms with Gasteiger partial charge in [0, 0.05) is 11.3 Å². The van der Waals surface area contributed by atoms with E-state index in [9.17, 15) is 0 Å². The van der Waals surface area contributed by atoms with Gasteiger partial charge in [0.05, 0.1) is 32.8 Å². The van der Waals surface area contributed by atoms with Crippen molar-refractivity contribution in [1.82, 2.24) is 15.3 Å². The second-order valence-corrected chi connectivity index (χ2v) is 7.35. The largest absolute Gasteiger partial charge is 0.309 e. The Kier molecular flexibility index (Phi) is 4.63. The van der Waals surface area contributed by atoms with E-state index in [4.69, 9.17) is 4.98 Å². The molecule has 3 aromatic rings. The first-order chi connectivity index (χ1) is 10.3. The van der Waals surface area contributed by atoms with E-state index in [1.807, 2.05) is 30.5 Å². The molecule has 5 heteroatoms. The van der Waals surface area contributed by atoms with Gasteiger partial charge in [-0.1, -0.05) is 19.1 Å². The zero-order valence-electron chi connectivity index (χ0n) is 11.7. The molecule has 0 saturated carbocycles. The molecule has 21 heavy (non-hydrogen) atoms. The van der Waals surface area contributed by atoms with Crippen molar-refractivity contribution in [2.24, 2.45) is 0 Å². The van der Waals surface area contributed by atoms with Crippen LogP contribution in [-0.4, -0.2) is 16.5 Å². The minimum absolute atomic E-state index is 0.192. The predicted molar refractivity (Wildman–Crippen MR) is 91.7 cm³/mol. The molecule has 0 aliphatic rings. The summed E-state index contributed by atoms with van der Waals surface area (Å²) in [6.07, 6.45) is 2.81. The Morgan fingerprint density at radius 3 is 2.71 bits per heavy atom. The fourth-order valence-corrected chi connectivity index (χ4v) is 3.86. The van der Waals surface area contributed by atoms with Crippen molar-refractivity contribution in [3.05, 3.63) is 57.0 Å². The molecule has 0 aliphatic carbocycles. The molecule has 108 valence electrons. The van der Waals surface area contributed by atoms with Gasteiger partial charge in [0.25, 0.3) is 0 Å². The fourth-order valence-electron chi connectivity index (χ4n) is 2.33. The third-order valence-corrected chi connectivity index (χ3v) is 4.95. The summed E-state index contributed by atoms with van der Waals surface area (Å²) in [5.74, 6) is 0. The molecular formula is C16H16BrN3S. The minimum atomic E-state index is 0.192. The molecule has 3 nitrogen and oxygen atoms in total. The van der Waals surface area contributed by atoms with Crippen LogP contribution in [-0.2, 0) is 6.42 Å². The van der Waals surface area contributed by atoms with Crippen LogP contribution in [0.25, 0.3) is 11.0 Å². The van der Waals surface area contributed by atoms with Gasteiger partial charge in [-0.25, -0.2) is 4.98 Å². The summed E-state index contributed by atoms with van der Waals surface area (Å²) >= 11 is 5.29. The van der Waals surface area contributed by atoms with E-state index in [1.54, 1.807) is 11.3 Å². The van der Waals surface area contributed by atoms with Crippen molar-refractivity contribution < 1.29 is 0 Å². The number of nitrogens with zero attached hydrogens (tertiary/aromatic N) is 2. The number of fused-ring (bicyclic) bond motifs is 1. The number of benzene rings is 1. The van der Waals surface area contributed by atoms with Crippen LogP contribution in [0.1, 0.15) is 23.5 Å². The average molecular weight is 362 g/mol. The smallest absolute Gasteiger partial charge is 0.0890 e. The predicted octanol–water partition coefficient (Wildman–Crippen LogP) is 4.35. The normalized spacial score (nSPS) is 12.7. The number of aromatic nitrogens is 2. The lowest BCUT2D eigenvalue weighted by molar-refractivity contribution is 0.540. The molecule has 2 aromatic heterocycles. The van der Waals surface area contributed by atoms with Gasteiger partial charge in [-0.3, -0.25) is 4.98 Å². The van der Waals surface area contributed by atoms with E-state index in [-0.39, 0.29) is 6.04 Å². The molecule has 0 spiro atoms. The Labute approximate surface area is 136 Å². The first-order valence-electron chi connectivity index (χ1n) is 6.95. The second-order valence-electron chi connectivity index (χ2n) is 4.80. The number of thiophene rings is 1. The molecule has 2 heterocycles. The number of nitrogens with one attached hydrogen (secondary N) is 1. The zero-order chi connectivity index (χ0) is 14.7. The highest BCUT2D eigenvalue weighted by atomic mass is 79.9. The number of halogens is 1. The molecule has 0 fully saturated rings. The van der Waals surface area contributed by atoms with Crippen LogP contribution >= 0.6 is 27.3 Å². The SMILES string of the molecule is CCNC(Cc1ccc(Br)s1)c1cnc2ccccc2n1. The molecule has 0 radical (unpaired) electrons. The van der Waals surface area contributed by atoms with E-state index in [2.05, 4.69) is 45.3 Å². The third-order valence-electron chi connectivity index (χ3n) is 3.31. The van der Waals surface area contributed by atoms with Crippen molar-refractivity contribution in [2.75, 3.05) is 6.54 Å². The van der Waals surface area contributed by atoms with Gasteiger partial charge in [-0.2, -0.15) is 0 Å². The number of hydrogen-bond donors (Lipinski definition) is 1. The zero-order valence-corrected chi connectivity index (χ0v) is 14.1. The molecule has 1 unspecified atom stereocenters. The summed E-state index contributed by atoms with van der Waals surface area (Å²) in [5, 5.41) is 3.51. The van der Waals surface area contributed by atoms with Crippen LogP contribution in [0.3, 0.4) is 0 Å². The Morgan fingerprint density at radius 2 is 2.00 bits per heavy atom. The van der Waals surface area contributed by atoms with Gasteiger partial charge >= 0.3 is 0 Å². The Morgan fingerprint density at radius 1 is 1.19 bits per heavy atom. The Hall–Kier alpha value is -1.30. The van der Waals surface area contributed by atoms with Crippen LogP contribution in [0.4, 0.5) is 0 Å². The summed E-state index contributed by atoms with van der Waals surface area (Å²) in [5.41, 5.74) is 2.89. The third kappa shape index (κ3) is 3.48. The van der Waals surface area contributed by atoms with Crippen molar-refractivity contribution in [1.29, 1.82) is 0 Å². The van der Waals surface area contributed by atoms with Gasteiger partial charge in [-0.15, -0.1) is 11.3 Å². The van der Waals surface area contributed by atoms with E-state index in [1.165, 1.54) is 4.88 Å². The van der Waals surface area contributed by atoms with Gasteiger partial charge in [0.15, 0.2) is 0 Å². The van der Waals surface area contributed by atoms with E-state index in [0.717, 1.165) is 33.5 Å². The highest BCUT2D eigenvalue weighted by molar-refractivity contribution is 9.11. The minimum Gasteiger partial charge on any atom is -0.309 e. The summed E-state index contributed by atoms with van der Waals surface area (Å²) in [7, 11) is 0. The number of rotatable bonds is 5. The second kappa shape index (κ2) is 6.64. The lowest BCUT2D eigenvalue weighted by atomic mass is 10.1. The molecule has 1 N–H and O–H groups in total. The molecule has 0 bridgehead atoms. The highest BCUT2D eigenvalue weighted by Crippen LogP contribution is 2.26. The highest BCUT2D eigenvalue weighted by Gasteiger charge is 2.15. The quantitative estimate of drug-likeness (QED) is 0.733. The standard InChI is InChI=1S/C16H16BrN3S/c1-2-18-14(9-11-7-8-16(17)21-11)15-10-19-12-5-3-4-6-13(12)20-15/h3-8,10,14,18H,2,9H2,1H3. The molecular weight excluding hydrogens is 346 g/mol. The summed E-state index contributed by atoms with van der Waals surface area (Å²) in [6.45, 7) is 3.03.